The lowest BCUT2D eigenvalue weighted by molar-refractivity contribution is 0.456. The molecule has 9 aromatic rings. The van der Waals surface area contributed by atoms with Crippen molar-refractivity contribution in [3.8, 4) is 44.9 Å². The number of benzene rings is 9. The van der Waals surface area contributed by atoms with Gasteiger partial charge >= 0.3 is 0 Å². The zero-order valence-electron chi connectivity index (χ0n) is 36.6. The van der Waals surface area contributed by atoms with E-state index in [0.717, 1.165) is 49.5 Å². The lowest BCUT2D eigenvalue weighted by atomic mass is 9.77. The number of ether oxygens (including phenoxy) is 1. The fourth-order valence-electron chi connectivity index (χ4n) is 9.98. The van der Waals surface area contributed by atoms with Gasteiger partial charge in [0, 0.05) is 53.0 Å². The average molecular weight is 892 g/mol. The van der Waals surface area contributed by atoms with Crippen molar-refractivity contribution in [1.82, 2.24) is 0 Å². The van der Waals surface area contributed by atoms with Crippen molar-refractivity contribution < 1.29 is 4.74 Å². The van der Waals surface area contributed by atoms with Crippen molar-refractivity contribution >= 4 is 52.3 Å². The lowest BCUT2D eigenvalue weighted by Gasteiger charge is -2.35. The van der Waals surface area contributed by atoms with Gasteiger partial charge in [-0.2, -0.15) is 0 Å². The molecule has 0 amide bonds. The minimum absolute atomic E-state index is 0.0881. The Morgan fingerprint density at radius 3 is 1.23 bits per heavy atom. The molecule has 5 heteroatoms. The Bertz CT molecular complexity index is 3160. The highest BCUT2D eigenvalue weighted by Crippen LogP contribution is 2.55. The number of hydrogen-bond acceptors (Lipinski definition) is 5. The maximum atomic E-state index is 6.57. The normalized spacial score (nSPS) is 14.6. The van der Waals surface area contributed by atoms with Gasteiger partial charge in [-0.05, 0) is 117 Å². The molecule has 9 aromatic carbocycles. The molecule has 314 valence electrons. The number of rotatable bonds is 6. The molecule has 3 aliphatic rings. The molecule has 0 spiro atoms. The quantitative estimate of drug-likeness (QED) is 0.164. The van der Waals surface area contributed by atoms with Gasteiger partial charge in [-0.15, -0.1) is 0 Å². The van der Waals surface area contributed by atoms with Crippen molar-refractivity contribution in [3.05, 3.63) is 222 Å². The molecule has 0 saturated carbocycles. The first-order valence-corrected chi connectivity index (χ1v) is 24.7. The molecule has 65 heavy (non-hydrogen) atoms. The Morgan fingerprint density at radius 1 is 0.338 bits per heavy atom. The summed E-state index contributed by atoms with van der Waals surface area (Å²) in [5.41, 5.74) is 15.8. The van der Waals surface area contributed by atoms with Crippen LogP contribution < -0.4 is 9.64 Å². The van der Waals surface area contributed by atoms with Crippen molar-refractivity contribution in [2.75, 3.05) is 4.90 Å². The number of fused-ring (bicyclic) bond motifs is 6. The predicted molar refractivity (Wildman–Crippen MR) is 273 cm³/mol. The fraction of sp³-hybridized carbons (Fsp3) is 0.100. The van der Waals surface area contributed by atoms with E-state index in [-0.39, 0.29) is 10.8 Å². The first kappa shape index (κ1) is 40.2. The summed E-state index contributed by atoms with van der Waals surface area (Å²) in [4.78, 5) is 10.00. The largest absolute Gasteiger partial charge is 0.454 e. The molecule has 0 bridgehead atoms. The third-order valence-electron chi connectivity index (χ3n) is 13.5. The highest BCUT2D eigenvalue weighted by molar-refractivity contribution is 8.00. The maximum absolute atomic E-state index is 6.57. The molecule has 0 N–H and O–H groups in total. The number of nitrogens with zero attached hydrogens (tertiary/aromatic N) is 1. The van der Waals surface area contributed by atoms with E-state index < -0.39 is 0 Å². The minimum Gasteiger partial charge on any atom is -0.454 e. The van der Waals surface area contributed by atoms with Crippen LogP contribution in [0.25, 0.3) is 33.4 Å². The summed E-state index contributed by atoms with van der Waals surface area (Å²) >= 11 is 5.56. The monoisotopic (exact) mass is 891 g/mol. The zero-order valence-corrected chi connectivity index (χ0v) is 39.1. The molecule has 3 aliphatic heterocycles. The van der Waals surface area contributed by atoms with E-state index in [1.165, 1.54) is 64.1 Å². The van der Waals surface area contributed by atoms with Gasteiger partial charge in [0.15, 0.2) is 0 Å². The summed E-state index contributed by atoms with van der Waals surface area (Å²) in [5, 5.41) is 0. The summed E-state index contributed by atoms with van der Waals surface area (Å²) < 4.78 is 6.57. The number of hydrogen-bond donors (Lipinski definition) is 0. The Morgan fingerprint density at radius 2 is 0.723 bits per heavy atom. The van der Waals surface area contributed by atoms with Crippen molar-refractivity contribution in [3.63, 3.8) is 0 Å². The Labute approximate surface area is 394 Å². The van der Waals surface area contributed by atoms with Crippen molar-refractivity contribution in [2.24, 2.45) is 0 Å². The Kier molecular flexibility index (Phi) is 9.68. The molecule has 0 fully saturated rings. The molecular formula is C60H45NOS3. The maximum Gasteiger partial charge on any atom is 0.149 e. The van der Waals surface area contributed by atoms with E-state index in [2.05, 4.69) is 227 Å². The number of para-hydroxylation sites is 2. The average Bonchev–Trinajstić information content (AvgIpc) is 3.34. The molecule has 12 rings (SSSR count). The summed E-state index contributed by atoms with van der Waals surface area (Å²) in [7, 11) is 0. The molecule has 0 aliphatic carbocycles. The summed E-state index contributed by atoms with van der Waals surface area (Å²) in [6.07, 6.45) is 0. The second kappa shape index (κ2) is 15.7. The van der Waals surface area contributed by atoms with E-state index in [1.54, 1.807) is 11.8 Å². The van der Waals surface area contributed by atoms with Gasteiger partial charge in [-0.1, -0.05) is 196 Å². The van der Waals surface area contributed by atoms with Gasteiger partial charge in [0.2, 0.25) is 0 Å². The van der Waals surface area contributed by atoms with E-state index in [4.69, 9.17) is 4.74 Å². The topological polar surface area (TPSA) is 12.5 Å². The van der Waals surface area contributed by atoms with E-state index in [9.17, 15) is 0 Å². The van der Waals surface area contributed by atoms with Crippen LogP contribution in [-0.4, -0.2) is 0 Å². The van der Waals surface area contributed by atoms with Gasteiger partial charge in [-0.25, -0.2) is 0 Å². The van der Waals surface area contributed by atoms with E-state index in [1.807, 2.05) is 29.6 Å². The highest BCUT2D eigenvalue weighted by atomic mass is 32.2. The molecule has 0 aromatic heterocycles. The minimum atomic E-state index is -0.0881. The second-order valence-corrected chi connectivity index (χ2v) is 21.3. The molecule has 0 saturated heterocycles. The third kappa shape index (κ3) is 6.74. The summed E-state index contributed by atoms with van der Waals surface area (Å²) in [6, 6.07) is 73.4. The first-order chi connectivity index (χ1) is 31.7. The summed E-state index contributed by atoms with van der Waals surface area (Å²) in [5.74, 6) is 1.81. The van der Waals surface area contributed by atoms with E-state index >= 15 is 0 Å². The van der Waals surface area contributed by atoms with Gasteiger partial charge in [0.25, 0.3) is 0 Å². The fourth-order valence-corrected chi connectivity index (χ4v) is 14.0. The third-order valence-corrected chi connectivity index (χ3v) is 17.0. The summed E-state index contributed by atoms with van der Waals surface area (Å²) in [6.45, 7) is 9.42. The van der Waals surface area contributed by atoms with Crippen LogP contribution in [0.2, 0.25) is 0 Å². The van der Waals surface area contributed by atoms with Crippen LogP contribution in [0.15, 0.2) is 230 Å². The van der Waals surface area contributed by atoms with Crippen LogP contribution in [0.4, 0.5) is 17.1 Å². The van der Waals surface area contributed by atoms with Crippen LogP contribution in [0.3, 0.4) is 0 Å². The van der Waals surface area contributed by atoms with Gasteiger partial charge < -0.3 is 9.64 Å². The van der Waals surface area contributed by atoms with Crippen LogP contribution >= 0.6 is 35.3 Å². The molecule has 3 heterocycles. The van der Waals surface area contributed by atoms with Crippen LogP contribution in [0.5, 0.6) is 11.5 Å². The number of anilines is 3. The van der Waals surface area contributed by atoms with Gasteiger partial charge in [0.1, 0.15) is 11.5 Å². The van der Waals surface area contributed by atoms with Gasteiger partial charge in [-0.3, -0.25) is 0 Å². The van der Waals surface area contributed by atoms with Gasteiger partial charge in [0.05, 0.1) is 9.79 Å². The highest BCUT2D eigenvalue weighted by Gasteiger charge is 2.35. The molecule has 0 unspecified atom stereocenters. The zero-order chi connectivity index (χ0) is 43.9. The molecule has 0 atom stereocenters. The van der Waals surface area contributed by atoms with Crippen molar-refractivity contribution in [1.29, 1.82) is 0 Å². The van der Waals surface area contributed by atoms with Crippen molar-refractivity contribution in [2.45, 2.75) is 67.9 Å². The van der Waals surface area contributed by atoms with Crippen LogP contribution in [0.1, 0.15) is 49.9 Å². The molecule has 2 nitrogen and oxygen atoms in total. The Hall–Kier alpha value is -6.37. The SMILES string of the molecule is CC1(C)c2ccccc2Sc2c(-c3ccc(N(c4ccc(-c5cccc6c5Oc5ccccc5S6)cc4)c4ccc(-c5cccc6c5Sc5ccccc5C6(C)C)cc4)cc3)cccc21. The van der Waals surface area contributed by atoms with Crippen LogP contribution in [0, 0.1) is 0 Å². The first-order valence-electron chi connectivity index (χ1n) is 22.2. The Balaban J connectivity index is 0.927. The second-order valence-electron chi connectivity index (χ2n) is 18.1. The molecular weight excluding hydrogens is 847 g/mol. The molecule has 0 radical (unpaired) electrons. The van der Waals surface area contributed by atoms with Crippen LogP contribution in [-0.2, 0) is 10.8 Å². The lowest BCUT2D eigenvalue weighted by Crippen LogP contribution is -2.23. The van der Waals surface area contributed by atoms with E-state index in [0.29, 0.717) is 0 Å². The predicted octanol–water partition coefficient (Wildman–Crippen LogP) is 18.0. The smallest absolute Gasteiger partial charge is 0.149 e. The standard InChI is InChI=1S/C60H45NOS3/c1-59(2)47-17-5-8-22-52(47)64-57-45(15-11-19-49(57)59)39-28-34-42(35-29-39)61(41-32-26-38(27-33-41)44-14-13-25-55-56(44)62-51-21-7-10-24-54(51)63-55)43-36-30-40(31-37-43)46-16-12-20-50-58(46)65-53-23-9-6-18-48(53)60(50,3)4/h5-37H,1-4H3.